The lowest BCUT2D eigenvalue weighted by Gasteiger charge is -2.34. The maximum atomic E-state index is 14.1. The summed E-state index contributed by atoms with van der Waals surface area (Å²) in [5.41, 5.74) is 6.44. The zero-order chi connectivity index (χ0) is 14.4. The van der Waals surface area contributed by atoms with E-state index in [1.54, 1.807) is 30.0 Å². The zero-order valence-electron chi connectivity index (χ0n) is 11.7. The van der Waals surface area contributed by atoms with Crippen LogP contribution in [-0.4, -0.2) is 36.5 Å². The number of hydrogen-bond acceptors (Lipinski definition) is 3. The molecule has 1 aromatic rings. The minimum Gasteiger partial charge on any atom is -0.329 e. The predicted octanol–water partition coefficient (Wildman–Crippen LogP) is 3.55. The fraction of sp³-hybridized carbons (Fsp3) is 0.571. The summed E-state index contributed by atoms with van der Waals surface area (Å²) in [6, 6.07) is 5.33. The summed E-state index contributed by atoms with van der Waals surface area (Å²) >= 11 is 7.65. The Morgan fingerprint density at radius 2 is 2.16 bits per heavy atom. The van der Waals surface area contributed by atoms with Gasteiger partial charge in [0.05, 0.1) is 5.02 Å². The average Bonchev–Trinajstić information content (AvgIpc) is 2.41. The van der Waals surface area contributed by atoms with E-state index in [0.717, 1.165) is 12.2 Å². The van der Waals surface area contributed by atoms with Crippen LogP contribution in [0.2, 0.25) is 5.02 Å². The average molecular weight is 305 g/mol. The van der Waals surface area contributed by atoms with Crippen molar-refractivity contribution in [2.45, 2.75) is 25.4 Å². The van der Waals surface area contributed by atoms with E-state index in [9.17, 15) is 4.39 Å². The van der Waals surface area contributed by atoms with Crippen LogP contribution < -0.4 is 5.73 Å². The molecule has 1 aromatic carbocycles. The molecule has 0 fully saturated rings. The second kappa shape index (κ2) is 8.10. The Labute approximate surface area is 124 Å². The molecule has 1 rings (SSSR count). The quantitative estimate of drug-likeness (QED) is 0.835. The number of hydrogen-bond donors (Lipinski definition) is 1. The molecule has 19 heavy (non-hydrogen) atoms. The Balaban J connectivity index is 3.02. The van der Waals surface area contributed by atoms with E-state index in [1.807, 2.05) is 7.05 Å². The summed E-state index contributed by atoms with van der Waals surface area (Å²) in [6.45, 7) is 2.51. The molecule has 2 unspecified atom stereocenters. The summed E-state index contributed by atoms with van der Waals surface area (Å²) in [5.74, 6) is 0.650. The Morgan fingerprint density at radius 1 is 1.47 bits per heavy atom. The van der Waals surface area contributed by atoms with Crippen molar-refractivity contribution in [3.63, 3.8) is 0 Å². The molecule has 2 N–H and O–H groups in total. The van der Waals surface area contributed by atoms with Crippen LogP contribution in [0.4, 0.5) is 4.39 Å². The maximum absolute atomic E-state index is 14.1. The summed E-state index contributed by atoms with van der Waals surface area (Å²) in [5, 5.41) is 0.155. The van der Waals surface area contributed by atoms with E-state index in [0.29, 0.717) is 18.2 Å². The van der Waals surface area contributed by atoms with Crippen LogP contribution in [0.15, 0.2) is 18.2 Å². The van der Waals surface area contributed by atoms with E-state index in [1.165, 1.54) is 0 Å². The van der Waals surface area contributed by atoms with Crippen LogP contribution in [0.3, 0.4) is 0 Å². The first-order valence-corrected chi connectivity index (χ1v) is 8.18. The number of thioether (sulfide) groups is 1. The van der Waals surface area contributed by atoms with E-state index in [2.05, 4.69) is 18.1 Å². The Bertz CT molecular complexity index is 403. The predicted molar refractivity (Wildman–Crippen MR) is 83.4 cm³/mol. The Hall–Kier alpha value is -0.290. The third-order valence-electron chi connectivity index (χ3n) is 3.46. The molecular formula is C14H22ClFN2S. The molecule has 0 aromatic heterocycles. The van der Waals surface area contributed by atoms with E-state index < -0.39 is 0 Å². The first-order chi connectivity index (χ1) is 9.06. The topological polar surface area (TPSA) is 29.3 Å². The van der Waals surface area contributed by atoms with Crippen molar-refractivity contribution in [3.8, 4) is 0 Å². The standard InChI is InChI=1S/C14H22ClFN2S/c1-4-10(9-19-3)18(2)13(8-17)11-6-5-7-12(15)14(11)16/h5-7,10,13H,4,8-9,17H2,1-3H3. The molecule has 2 atom stereocenters. The van der Waals surface area contributed by atoms with Crippen LogP contribution in [0, 0.1) is 5.82 Å². The lowest BCUT2D eigenvalue weighted by atomic mass is 10.0. The summed E-state index contributed by atoms with van der Waals surface area (Å²) in [6.07, 6.45) is 3.09. The van der Waals surface area contributed by atoms with Crippen LogP contribution in [-0.2, 0) is 0 Å². The molecule has 0 aliphatic carbocycles. The lowest BCUT2D eigenvalue weighted by Crippen LogP contribution is -2.40. The van der Waals surface area contributed by atoms with E-state index in [-0.39, 0.29) is 16.9 Å². The molecular weight excluding hydrogens is 283 g/mol. The van der Waals surface area contributed by atoms with Gasteiger partial charge in [0.15, 0.2) is 0 Å². The Morgan fingerprint density at radius 3 is 2.68 bits per heavy atom. The smallest absolute Gasteiger partial charge is 0.146 e. The molecule has 0 aliphatic heterocycles. The van der Waals surface area contributed by atoms with Crippen molar-refractivity contribution in [2.75, 3.05) is 25.6 Å². The van der Waals surface area contributed by atoms with Gasteiger partial charge in [-0.2, -0.15) is 11.8 Å². The highest BCUT2D eigenvalue weighted by Gasteiger charge is 2.24. The van der Waals surface area contributed by atoms with E-state index >= 15 is 0 Å². The van der Waals surface area contributed by atoms with Gasteiger partial charge in [-0.25, -0.2) is 4.39 Å². The number of halogens is 2. The van der Waals surface area contributed by atoms with Gasteiger partial charge in [0, 0.05) is 29.9 Å². The third-order valence-corrected chi connectivity index (χ3v) is 4.47. The van der Waals surface area contributed by atoms with Gasteiger partial charge in [0.1, 0.15) is 5.82 Å². The van der Waals surface area contributed by atoms with E-state index in [4.69, 9.17) is 17.3 Å². The number of likely N-dealkylation sites (N-methyl/N-ethyl adjacent to an activating group) is 1. The second-order valence-electron chi connectivity index (χ2n) is 4.58. The minimum absolute atomic E-state index is 0.143. The van der Waals surface area contributed by atoms with Gasteiger partial charge < -0.3 is 5.73 Å². The van der Waals surface area contributed by atoms with Gasteiger partial charge in [-0.3, -0.25) is 4.90 Å². The van der Waals surface area contributed by atoms with Gasteiger partial charge in [-0.05, 0) is 25.8 Å². The molecule has 5 heteroatoms. The third kappa shape index (κ3) is 4.09. The van der Waals surface area contributed by atoms with Crippen molar-refractivity contribution in [2.24, 2.45) is 5.73 Å². The fourth-order valence-electron chi connectivity index (χ4n) is 2.26. The molecule has 0 heterocycles. The fourth-order valence-corrected chi connectivity index (χ4v) is 3.30. The lowest BCUT2D eigenvalue weighted by molar-refractivity contribution is 0.184. The SMILES string of the molecule is CCC(CSC)N(C)C(CN)c1cccc(Cl)c1F. The highest BCUT2D eigenvalue weighted by atomic mass is 35.5. The van der Waals surface area contributed by atoms with Crippen LogP contribution in [0.1, 0.15) is 24.9 Å². The van der Waals surface area contributed by atoms with Crippen molar-refractivity contribution in [1.29, 1.82) is 0 Å². The van der Waals surface area contributed by atoms with Crippen LogP contribution >= 0.6 is 23.4 Å². The highest BCUT2D eigenvalue weighted by Crippen LogP contribution is 2.28. The Kier molecular flexibility index (Phi) is 7.15. The molecule has 0 amide bonds. The molecule has 108 valence electrons. The van der Waals surface area contributed by atoms with Crippen molar-refractivity contribution >= 4 is 23.4 Å². The zero-order valence-corrected chi connectivity index (χ0v) is 13.3. The first kappa shape index (κ1) is 16.8. The number of benzene rings is 1. The van der Waals surface area contributed by atoms with Gasteiger partial charge in [0.25, 0.3) is 0 Å². The normalized spacial score (nSPS) is 14.7. The minimum atomic E-state index is -0.356. The number of nitrogens with zero attached hydrogens (tertiary/aromatic N) is 1. The van der Waals surface area contributed by atoms with Gasteiger partial charge in [0.2, 0.25) is 0 Å². The van der Waals surface area contributed by atoms with Gasteiger partial charge >= 0.3 is 0 Å². The summed E-state index contributed by atoms with van der Waals surface area (Å²) in [4.78, 5) is 2.16. The summed E-state index contributed by atoms with van der Waals surface area (Å²) in [7, 11) is 2.00. The van der Waals surface area contributed by atoms with Crippen LogP contribution in [0.25, 0.3) is 0 Å². The summed E-state index contributed by atoms with van der Waals surface area (Å²) < 4.78 is 14.1. The molecule has 0 saturated carbocycles. The maximum Gasteiger partial charge on any atom is 0.146 e. The van der Waals surface area contributed by atoms with Gasteiger partial charge in [-0.1, -0.05) is 30.7 Å². The molecule has 0 radical (unpaired) electrons. The molecule has 0 aliphatic rings. The molecule has 0 bridgehead atoms. The molecule has 0 saturated heterocycles. The van der Waals surface area contributed by atoms with Gasteiger partial charge in [-0.15, -0.1) is 0 Å². The van der Waals surface area contributed by atoms with Crippen molar-refractivity contribution in [3.05, 3.63) is 34.6 Å². The number of nitrogens with two attached hydrogens (primary N) is 1. The second-order valence-corrected chi connectivity index (χ2v) is 5.90. The molecule has 2 nitrogen and oxygen atoms in total. The van der Waals surface area contributed by atoms with Crippen LogP contribution in [0.5, 0.6) is 0 Å². The number of rotatable bonds is 7. The largest absolute Gasteiger partial charge is 0.329 e. The first-order valence-electron chi connectivity index (χ1n) is 6.41. The van der Waals surface area contributed by atoms with Crippen molar-refractivity contribution < 1.29 is 4.39 Å². The molecule has 0 spiro atoms. The van der Waals surface area contributed by atoms with Crippen molar-refractivity contribution in [1.82, 2.24) is 4.90 Å². The highest BCUT2D eigenvalue weighted by molar-refractivity contribution is 7.98. The monoisotopic (exact) mass is 304 g/mol.